The predicted octanol–water partition coefficient (Wildman–Crippen LogP) is 1.13. The highest BCUT2D eigenvalue weighted by Crippen LogP contribution is 2.38. The molecule has 0 aromatic heterocycles. The van der Waals surface area contributed by atoms with Crippen LogP contribution >= 0.6 is 0 Å². The number of hydrogen-bond donors (Lipinski definition) is 1. The monoisotopic (exact) mass is 273 g/mol. The topological polar surface area (TPSA) is 57.5 Å². The lowest BCUT2D eigenvalue weighted by Crippen LogP contribution is -2.52. The summed E-state index contributed by atoms with van der Waals surface area (Å²) >= 11 is 0. The van der Waals surface area contributed by atoms with Gasteiger partial charge in [-0.2, -0.15) is 5.26 Å². The third-order valence-corrected chi connectivity index (χ3v) is 3.95. The number of hydrogen-bond acceptors (Lipinski definition) is 5. The van der Waals surface area contributed by atoms with Crippen molar-refractivity contribution in [2.45, 2.75) is 18.6 Å². The number of ether oxygens (including phenoxy) is 2. The van der Waals surface area contributed by atoms with Crippen LogP contribution in [-0.2, 0) is 4.74 Å². The first-order valence-electron chi connectivity index (χ1n) is 6.99. The lowest BCUT2D eigenvalue weighted by molar-refractivity contribution is 0.0744. The molecule has 0 unspecified atom stereocenters. The van der Waals surface area contributed by atoms with Gasteiger partial charge < -0.3 is 19.7 Å². The third kappa shape index (κ3) is 2.33. The molecular weight excluding hydrogens is 254 g/mol. The maximum Gasteiger partial charge on any atom is 0.160 e. The molecule has 0 radical (unpaired) electrons. The van der Waals surface area contributed by atoms with E-state index in [0.29, 0.717) is 24.0 Å². The van der Waals surface area contributed by atoms with Crippen molar-refractivity contribution in [1.29, 1.82) is 5.26 Å². The van der Waals surface area contributed by atoms with Crippen LogP contribution < -0.4 is 15.0 Å². The fourth-order valence-corrected chi connectivity index (χ4v) is 3.06. The lowest BCUT2D eigenvalue weighted by Gasteiger charge is -2.37. The fraction of sp³-hybridized carbons (Fsp3) is 0.533. The number of fused-ring (bicyclic) bond motifs is 3. The minimum atomic E-state index is -0.0110. The Morgan fingerprint density at radius 1 is 1.55 bits per heavy atom. The number of para-hydroxylation sites is 1. The van der Waals surface area contributed by atoms with Crippen molar-refractivity contribution in [2.24, 2.45) is 0 Å². The number of nitrogens with one attached hydrogen (secondary N) is 1. The van der Waals surface area contributed by atoms with Gasteiger partial charge in [-0.1, -0.05) is 6.07 Å². The first-order valence-corrected chi connectivity index (χ1v) is 6.99. The zero-order chi connectivity index (χ0) is 13.9. The fourth-order valence-electron chi connectivity index (χ4n) is 3.06. The molecule has 0 amide bonds. The van der Waals surface area contributed by atoms with Gasteiger partial charge in [0.1, 0.15) is 12.2 Å². The van der Waals surface area contributed by atoms with Crippen molar-refractivity contribution in [2.75, 3.05) is 38.3 Å². The van der Waals surface area contributed by atoms with Crippen molar-refractivity contribution in [3.05, 3.63) is 23.8 Å². The van der Waals surface area contributed by atoms with Crippen LogP contribution in [0.25, 0.3) is 0 Å². The van der Waals surface area contributed by atoms with E-state index in [4.69, 9.17) is 9.47 Å². The molecule has 5 heteroatoms. The van der Waals surface area contributed by atoms with Gasteiger partial charge in [-0.3, -0.25) is 0 Å². The Hall–Kier alpha value is -1.77. The van der Waals surface area contributed by atoms with Gasteiger partial charge in [0.05, 0.1) is 17.9 Å². The largest absolute Gasteiger partial charge is 0.484 e. The first kappa shape index (κ1) is 13.2. The summed E-state index contributed by atoms with van der Waals surface area (Å²) in [5.41, 5.74) is 1.64. The molecule has 1 aromatic rings. The van der Waals surface area contributed by atoms with Gasteiger partial charge in [0.15, 0.2) is 5.75 Å². The number of nitrogens with zero attached hydrogens (tertiary/aromatic N) is 2. The summed E-state index contributed by atoms with van der Waals surface area (Å²) in [6.45, 7) is 3.39. The van der Waals surface area contributed by atoms with E-state index in [2.05, 4.69) is 16.3 Å². The summed E-state index contributed by atoms with van der Waals surface area (Å²) in [5, 5.41) is 12.7. The van der Waals surface area contributed by atoms with Crippen molar-refractivity contribution >= 4 is 5.69 Å². The van der Waals surface area contributed by atoms with E-state index in [9.17, 15) is 5.26 Å². The molecular formula is C15H19N3O2. The standard InChI is InChI=1S/C15H19N3O2/c1-19-10-13-7-12-9-17-5-6-18(12)14-4-2-3-11(8-16)15(14)20-13/h2-4,12-13,17H,5-7,9-10H2,1H3/t12-,13+/m1/s1. The SMILES string of the molecule is COC[C@@H]1C[C@@H]2CNCCN2c2cccc(C#N)c2O1. The number of methoxy groups -OCH3 is 1. The Balaban J connectivity index is 2.03. The van der Waals surface area contributed by atoms with Crippen LogP contribution in [0.2, 0.25) is 0 Å². The summed E-state index contributed by atoms with van der Waals surface area (Å²) in [5.74, 6) is 0.710. The zero-order valence-corrected chi connectivity index (χ0v) is 11.6. The van der Waals surface area contributed by atoms with Crippen LogP contribution in [0, 0.1) is 11.3 Å². The van der Waals surface area contributed by atoms with E-state index in [0.717, 1.165) is 31.7 Å². The van der Waals surface area contributed by atoms with Crippen LogP contribution in [0.1, 0.15) is 12.0 Å². The number of benzene rings is 1. The Kier molecular flexibility index (Phi) is 3.77. The van der Waals surface area contributed by atoms with Crippen LogP contribution in [0.3, 0.4) is 0 Å². The Morgan fingerprint density at radius 2 is 2.45 bits per heavy atom. The Bertz CT molecular complexity index is 526. The molecule has 1 saturated heterocycles. The van der Waals surface area contributed by atoms with E-state index in [1.165, 1.54) is 0 Å². The van der Waals surface area contributed by atoms with E-state index in [1.807, 2.05) is 18.2 Å². The van der Waals surface area contributed by atoms with Gasteiger partial charge in [-0.05, 0) is 12.1 Å². The second-order valence-electron chi connectivity index (χ2n) is 5.25. The van der Waals surface area contributed by atoms with Gasteiger partial charge in [-0.15, -0.1) is 0 Å². The van der Waals surface area contributed by atoms with Gasteiger partial charge in [0.25, 0.3) is 0 Å². The van der Waals surface area contributed by atoms with Gasteiger partial charge in [-0.25, -0.2) is 0 Å². The molecule has 0 aliphatic carbocycles. The summed E-state index contributed by atoms with van der Waals surface area (Å²) in [6, 6.07) is 8.40. The molecule has 1 aromatic carbocycles. The molecule has 1 N–H and O–H groups in total. The Labute approximate surface area is 119 Å². The zero-order valence-electron chi connectivity index (χ0n) is 11.6. The number of rotatable bonds is 2. The van der Waals surface area contributed by atoms with Crippen LogP contribution in [0.4, 0.5) is 5.69 Å². The summed E-state index contributed by atoms with van der Waals surface area (Å²) in [4.78, 5) is 2.36. The maximum atomic E-state index is 9.31. The van der Waals surface area contributed by atoms with Crippen molar-refractivity contribution < 1.29 is 9.47 Å². The molecule has 0 spiro atoms. The molecule has 2 heterocycles. The highest BCUT2D eigenvalue weighted by atomic mass is 16.5. The van der Waals surface area contributed by atoms with E-state index in [-0.39, 0.29) is 6.10 Å². The molecule has 3 rings (SSSR count). The molecule has 5 nitrogen and oxygen atoms in total. The summed E-state index contributed by atoms with van der Waals surface area (Å²) < 4.78 is 11.4. The normalized spacial score (nSPS) is 24.9. The highest BCUT2D eigenvalue weighted by molar-refractivity contribution is 5.66. The highest BCUT2D eigenvalue weighted by Gasteiger charge is 2.33. The third-order valence-electron chi connectivity index (χ3n) is 3.95. The van der Waals surface area contributed by atoms with Gasteiger partial charge in [0.2, 0.25) is 0 Å². The van der Waals surface area contributed by atoms with E-state index >= 15 is 0 Å². The lowest BCUT2D eigenvalue weighted by atomic mass is 10.1. The minimum Gasteiger partial charge on any atom is -0.484 e. The van der Waals surface area contributed by atoms with E-state index in [1.54, 1.807) is 7.11 Å². The summed E-state index contributed by atoms with van der Waals surface area (Å²) in [6.07, 6.45) is 0.892. The number of nitriles is 1. The molecule has 1 fully saturated rings. The average molecular weight is 273 g/mol. The second-order valence-corrected chi connectivity index (χ2v) is 5.25. The van der Waals surface area contributed by atoms with Crippen LogP contribution in [0.15, 0.2) is 18.2 Å². The molecule has 2 aliphatic rings. The maximum absolute atomic E-state index is 9.31. The molecule has 2 atom stereocenters. The first-order chi connectivity index (χ1) is 9.83. The number of anilines is 1. The summed E-state index contributed by atoms with van der Waals surface area (Å²) in [7, 11) is 1.68. The van der Waals surface area contributed by atoms with Gasteiger partial charge >= 0.3 is 0 Å². The van der Waals surface area contributed by atoms with Crippen LogP contribution in [0.5, 0.6) is 5.75 Å². The molecule has 0 saturated carbocycles. The predicted molar refractivity (Wildman–Crippen MR) is 76.1 cm³/mol. The van der Waals surface area contributed by atoms with E-state index < -0.39 is 0 Å². The van der Waals surface area contributed by atoms with Crippen molar-refractivity contribution in [3.63, 3.8) is 0 Å². The number of piperazine rings is 1. The minimum absolute atomic E-state index is 0.0110. The Morgan fingerprint density at radius 3 is 3.25 bits per heavy atom. The van der Waals surface area contributed by atoms with Gasteiger partial charge in [0, 0.05) is 39.2 Å². The second kappa shape index (κ2) is 5.70. The quantitative estimate of drug-likeness (QED) is 0.875. The smallest absolute Gasteiger partial charge is 0.160 e. The average Bonchev–Trinajstić information content (AvgIpc) is 2.63. The molecule has 0 bridgehead atoms. The van der Waals surface area contributed by atoms with Crippen LogP contribution in [-0.4, -0.2) is 45.5 Å². The molecule has 2 aliphatic heterocycles. The van der Waals surface area contributed by atoms with Crippen molar-refractivity contribution in [3.8, 4) is 11.8 Å². The molecule has 106 valence electrons. The van der Waals surface area contributed by atoms with Crippen molar-refractivity contribution in [1.82, 2.24) is 5.32 Å². The molecule has 20 heavy (non-hydrogen) atoms.